The number of hydrogen-bond donors (Lipinski definition) is 0. The van der Waals surface area contributed by atoms with Gasteiger partial charge in [0, 0.05) is 0 Å². The zero-order chi connectivity index (χ0) is 7.52. The maximum absolute atomic E-state index is 5.11. The highest BCUT2D eigenvalue weighted by Gasteiger charge is 1.98. The van der Waals surface area contributed by atoms with E-state index in [1.165, 1.54) is 0 Å². The van der Waals surface area contributed by atoms with Crippen molar-refractivity contribution in [2.75, 3.05) is 0 Å². The van der Waals surface area contributed by atoms with E-state index in [-0.39, 0.29) is 0 Å². The molecule has 2 heterocycles. The highest BCUT2D eigenvalue weighted by Crippen LogP contribution is 2.15. The van der Waals surface area contributed by atoms with Crippen LogP contribution in [0.4, 0.5) is 0 Å². The van der Waals surface area contributed by atoms with Gasteiger partial charge in [-0.3, -0.25) is 0 Å². The zero-order valence-corrected chi connectivity index (χ0v) is 5.64. The third kappa shape index (κ3) is 1.10. The van der Waals surface area contributed by atoms with Crippen molar-refractivity contribution in [3.05, 3.63) is 30.8 Å². The minimum absolute atomic E-state index is 0.757. The molecule has 0 fully saturated rings. The Morgan fingerprint density at radius 1 is 1.18 bits per heavy atom. The van der Waals surface area contributed by atoms with Crippen molar-refractivity contribution < 1.29 is 4.42 Å². The van der Waals surface area contributed by atoms with Crippen molar-refractivity contribution >= 4 is 0 Å². The van der Waals surface area contributed by atoms with Gasteiger partial charge in [-0.1, -0.05) is 0 Å². The van der Waals surface area contributed by atoms with E-state index < -0.39 is 0 Å². The van der Waals surface area contributed by atoms with Gasteiger partial charge >= 0.3 is 0 Å². The van der Waals surface area contributed by atoms with Crippen molar-refractivity contribution in [2.45, 2.75) is 0 Å². The predicted octanol–water partition coefficient (Wildman–Crippen LogP) is 1.13. The van der Waals surface area contributed by atoms with Crippen LogP contribution in [0, 0.1) is 0 Å². The molecule has 0 bridgehead atoms. The fraction of sp³-hybridized carbons (Fsp3) is 0. The van der Waals surface area contributed by atoms with Crippen molar-refractivity contribution in [2.24, 2.45) is 0 Å². The Morgan fingerprint density at radius 2 is 2.00 bits per heavy atom. The Hall–Kier alpha value is -1.71. The molecule has 11 heavy (non-hydrogen) atoms. The molecule has 0 N–H and O–H groups in total. The summed E-state index contributed by atoms with van der Waals surface area (Å²) in [7, 11) is 0. The van der Waals surface area contributed by atoms with Crippen LogP contribution in [0.25, 0.3) is 11.3 Å². The Bertz CT molecular complexity index is 317. The highest BCUT2D eigenvalue weighted by molar-refractivity contribution is 5.53. The minimum Gasteiger partial charge on any atom is -0.464 e. The molecule has 4 heteroatoms. The van der Waals surface area contributed by atoms with Gasteiger partial charge in [-0.2, -0.15) is 0 Å². The van der Waals surface area contributed by atoms with Crippen molar-refractivity contribution in [1.29, 1.82) is 0 Å². The molecule has 0 aliphatic rings. The highest BCUT2D eigenvalue weighted by atomic mass is 16.3. The molecule has 0 aliphatic carbocycles. The van der Waals surface area contributed by atoms with Gasteiger partial charge in [-0.15, -0.1) is 10.2 Å². The monoisotopic (exact) mass is 147 g/mol. The molecular weight excluding hydrogens is 142 g/mol. The van der Waals surface area contributed by atoms with E-state index in [1.54, 1.807) is 18.7 Å². The van der Waals surface area contributed by atoms with E-state index in [9.17, 15) is 0 Å². The molecule has 0 saturated heterocycles. The first-order valence-corrected chi connectivity index (χ1v) is 3.14. The van der Waals surface area contributed by atoms with Crippen LogP contribution < -0.4 is 0 Å². The van der Waals surface area contributed by atoms with Crippen LogP contribution in [0.15, 0.2) is 35.2 Å². The molecule has 2 aromatic rings. The molecule has 0 aliphatic heterocycles. The van der Waals surface area contributed by atoms with Gasteiger partial charge in [0.15, 0.2) is 0 Å². The van der Waals surface area contributed by atoms with Gasteiger partial charge in [0.05, 0.1) is 24.2 Å². The normalized spacial score (nSPS) is 9.82. The van der Waals surface area contributed by atoms with Gasteiger partial charge in [0.1, 0.15) is 5.76 Å². The summed E-state index contributed by atoms with van der Waals surface area (Å²) >= 11 is 0. The molecule has 0 amide bonds. The quantitative estimate of drug-likeness (QED) is 0.606. The van der Waals surface area contributed by atoms with E-state index in [1.807, 2.05) is 12.1 Å². The second kappa shape index (κ2) is 2.49. The van der Waals surface area contributed by atoms with Crippen molar-refractivity contribution in [1.82, 2.24) is 15.4 Å². The molecule has 54 valence electrons. The van der Waals surface area contributed by atoms with E-state index in [0.29, 0.717) is 0 Å². The Kier molecular flexibility index (Phi) is 1.37. The van der Waals surface area contributed by atoms with Gasteiger partial charge < -0.3 is 4.42 Å². The molecule has 0 spiro atoms. The molecule has 0 unspecified atom stereocenters. The number of aromatic nitrogens is 3. The topological polar surface area (TPSA) is 51.8 Å². The largest absolute Gasteiger partial charge is 0.464 e. The summed E-state index contributed by atoms with van der Waals surface area (Å²) in [4.78, 5) is 0. The summed E-state index contributed by atoms with van der Waals surface area (Å²) in [6.07, 6.45) is 4.81. The van der Waals surface area contributed by atoms with Gasteiger partial charge in [-0.25, -0.2) is 0 Å². The van der Waals surface area contributed by atoms with Crippen LogP contribution in [0.3, 0.4) is 0 Å². The lowest BCUT2D eigenvalue weighted by Crippen LogP contribution is -1.84. The summed E-state index contributed by atoms with van der Waals surface area (Å²) in [5, 5.41) is 10.7. The summed E-state index contributed by atoms with van der Waals surface area (Å²) < 4.78 is 5.11. The fourth-order valence-corrected chi connectivity index (χ4v) is 0.809. The molecular formula is C7H5N3O. The first-order valence-electron chi connectivity index (χ1n) is 3.14. The van der Waals surface area contributed by atoms with Crippen LogP contribution in [-0.2, 0) is 0 Å². The lowest BCUT2D eigenvalue weighted by molar-refractivity contribution is 0.581. The van der Waals surface area contributed by atoms with Crippen LogP contribution in [0.5, 0.6) is 0 Å². The Labute approximate surface area is 62.9 Å². The van der Waals surface area contributed by atoms with Crippen molar-refractivity contribution in [3.8, 4) is 11.3 Å². The smallest absolute Gasteiger partial charge is 0.137 e. The number of furan rings is 1. The second-order valence-electron chi connectivity index (χ2n) is 2.01. The first kappa shape index (κ1) is 6.03. The summed E-state index contributed by atoms with van der Waals surface area (Å²) in [5.74, 6) is 0.757. The SMILES string of the molecule is c1coc(-c2cnnnc2)c1. The van der Waals surface area contributed by atoms with E-state index >= 15 is 0 Å². The zero-order valence-electron chi connectivity index (χ0n) is 5.64. The van der Waals surface area contributed by atoms with Gasteiger partial charge in [0.25, 0.3) is 0 Å². The third-order valence-corrected chi connectivity index (χ3v) is 1.30. The number of nitrogens with zero attached hydrogens (tertiary/aromatic N) is 3. The summed E-state index contributed by atoms with van der Waals surface area (Å²) in [5.41, 5.74) is 0.838. The van der Waals surface area contributed by atoms with E-state index in [4.69, 9.17) is 4.42 Å². The van der Waals surface area contributed by atoms with Gasteiger partial charge in [-0.05, 0) is 17.3 Å². The molecule has 0 atom stereocenters. The lowest BCUT2D eigenvalue weighted by atomic mass is 10.3. The second-order valence-corrected chi connectivity index (χ2v) is 2.01. The van der Waals surface area contributed by atoms with Gasteiger partial charge in [0.2, 0.25) is 0 Å². The average molecular weight is 147 g/mol. The number of rotatable bonds is 1. The molecule has 0 aromatic carbocycles. The third-order valence-electron chi connectivity index (χ3n) is 1.30. The molecule has 0 radical (unpaired) electrons. The number of hydrogen-bond acceptors (Lipinski definition) is 4. The summed E-state index contributed by atoms with van der Waals surface area (Å²) in [6.45, 7) is 0. The molecule has 2 rings (SSSR count). The molecule has 0 saturated carbocycles. The maximum atomic E-state index is 5.11. The Balaban J connectivity index is 2.46. The van der Waals surface area contributed by atoms with Crippen LogP contribution in [0.2, 0.25) is 0 Å². The molecule has 2 aromatic heterocycles. The van der Waals surface area contributed by atoms with Crippen molar-refractivity contribution in [3.63, 3.8) is 0 Å². The van der Waals surface area contributed by atoms with Crippen LogP contribution in [0.1, 0.15) is 0 Å². The van der Waals surface area contributed by atoms with Crippen LogP contribution >= 0.6 is 0 Å². The predicted molar refractivity (Wildman–Crippen MR) is 37.5 cm³/mol. The van der Waals surface area contributed by atoms with E-state index in [0.717, 1.165) is 11.3 Å². The summed E-state index contributed by atoms with van der Waals surface area (Å²) in [6, 6.07) is 3.66. The fourth-order valence-electron chi connectivity index (χ4n) is 0.809. The molecule has 4 nitrogen and oxygen atoms in total. The standard InChI is InChI=1S/C7H5N3O/c1-2-7(11-3-1)6-4-8-10-9-5-6/h1-5H. The first-order chi connectivity index (χ1) is 5.47. The Morgan fingerprint density at radius 3 is 2.64 bits per heavy atom. The minimum atomic E-state index is 0.757. The average Bonchev–Trinajstić information content (AvgIpc) is 2.58. The van der Waals surface area contributed by atoms with E-state index in [2.05, 4.69) is 15.4 Å². The lowest BCUT2D eigenvalue weighted by Gasteiger charge is -1.90. The maximum Gasteiger partial charge on any atom is 0.137 e. The van der Waals surface area contributed by atoms with Crippen LogP contribution in [-0.4, -0.2) is 15.4 Å².